The Hall–Kier alpha value is -2.54. The first-order chi connectivity index (χ1) is 19.9. The predicted octanol–water partition coefficient (Wildman–Crippen LogP) is 1.65. The number of hydrogen-bond donors (Lipinski definition) is 5. The van der Waals surface area contributed by atoms with Gasteiger partial charge in [-0.1, -0.05) is 25.1 Å². The summed E-state index contributed by atoms with van der Waals surface area (Å²) in [5, 5.41) is 59.1. The third-order valence-corrected chi connectivity index (χ3v) is 10.4. The first-order valence-electron chi connectivity index (χ1n) is 14.2. The van der Waals surface area contributed by atoms with Crippen molar-refractivity contribution in [2.24, 2.45) is 16.7 Å². The minimum atomic E-state index is -2.29. The summed E-state index contributed by atoms with van der Waals surface area (Å²) < 4.78 is 17.8. The summed E-state index contributed by atoms with van der Waals surface area (Å²) in [4.78, 5) is 38.8. The van der Waals surface area contributed by atoms with E-state index in [1.54, 1.807) is 25.1 Å². The number of halogens is 1. The van der Waals surface area contributed by atoms with Crippen molar-refractivity contribution >= 4 is 29.5 Å². The Bertz CT molecular complexity index is 1290. The summed E-state index contributed by atoms with van der Waals surface area (Å²) in [6.45, 7) is 8.14. The molecule has 1 aromatic carbocycles. The monoisotopic (exact) mass is 624 g/mol. The van der Waals surface area contributed by atoms with Gasteiger partial charge in [0.2, 0.25) is 0 Å². The normalized spacial score (nSPS) is 39.3. The highest BCUT2D eigenvalue weighted by molar-refractivity contribution is 6.18. The number of rotatable bonds is 6. The van der Waals surface area contributed by atoms with Gasteiger partial charge >= 0.3 is 17.9 Å². The van der Waals surface area contributed by atoms with Gasteiger partial charge < -0.3 is 39.7 Å². The molecule has 3 aliphatic carbocycles. The summed E-state index contributed by atoms with van der Waals surface area (Å²) in [6, 6.07) is 7.93. The third kappa shape index (κ3) is 5.07. The van der Waals surface area contributed by atoms with Crippen LogP contribution in [0.4, 0.5) is 0 Å². The van der Waals surface area contributed by atoms with E-state index in [1.165, 1.54) is 32.9 Å². The Morgan fingerprint density at radius 3 is 2.09 bits per heavy atom. The number of esters is 3. The molecule has 4 rings (SSSR count). The van der Waals surface area contributed by atoms with E-state index in [4.69, 9.17) is 25.8 Å². The standard InChI is InChI=1S/C31H41ClO11/c1-15-19(35)13-30(28(4,5)39)22(15)23(37)25(43-27(38)18-10-8-7-9-11-18)29(6)21(41-16(2)33)12-20(36)31(40,14-32)24(29)26(30)42-17(3)34/h7-11,19-21,23-26,35-37,39-40H,12-14H2,1-6H3. The molecule has 3 aliphatic rings. The quantitative estimate of drug-likeness (QED) is 0.134. The lowest BCUT2D eigenvalue weighted by Crippen LogP contribution is -2.73. The van der Waals surface area contributed by atoms with Crippen molar-refractivity contribution in [2.75, 3.05) is 5.88 Å². The fourth-order valence-corrected chi connectivity index (χ4v) is 8.31. The van der Waals surface area contributed by atoms with Crippen LogP contribution >= 0.6 is 11.6 Å². The fraction of sp³-hybridized carbons (Fsp3) is 0.645. The summed E-state index contributed by atoms with van der Waals surface area (Å²) in [7, 11) is 0. The number of aliphatic hydroxyl groups is 5. The van der Waals surface area contributed by atoms with Crippen molar-refractivity contribution in [3.63, 3.8) is 0 Å². The van der Waals surface area contributed by atoms with Crippen LogP contribution in [-0.4, -0.2) is 97.1 Å². The second-order valence-electron chi connectivity index (χ2n) is 12.8. The minimum Gasteiger partial charge on any atom is -0.462 e. The van der Waals surface area contributed by atoms with Crippen molar-refractivity contribution in [1.29, 1.82) is 0 Å². The van der Waals surface area contributed by atoms with E-state index in [1.807, 2.05) is 0 Å². The molecule has 0 saturated heterocycles. The Kier molecular flexibility index (Phi) is 8.87. The molecule has 2 fully saturated rings. The van der Waals surface area contributed by atoms with Gasteiger partial charge in [0.25, 0.3) is 0 Å². The second kappa shape index (κ2) is 11.4. The largest absolute Gasteiger partial charge is 0.462 e. The molecule has 0 aromatic heterocycles. The van der Waals surface area contributed by atoms with Gasteiger partial charge in [0, 0.05) is 26.2 Å². The summed E-state index contributed by atoms with van der Waals surface area (Å²) >= 11 is 6.40. The molecular weight excluding hydrogens is 584 g/mol. The molecule has 43 heavy (non-hydrogen) atoms. The Morgan fingerprint density at radius 1 is 1.00 bits per heavy atom. The molecule has 0 radical (unpaired) electrons. The predicted molar refractivity (Wildman–Crippen MR) is 153 cm³/mol. The second-order valence-corrected chi connectivity index (χ2v) is 13.1. The Labute approximate surface area is 255 Å². The van der Waals surface area contributed by atoms with Crippen LogP contribution in [0.15, 0.2) is 41.5 Å². The fourth-order valence-electron chi connectivity index (χ4n) is 7.97. The SMILES string of the molecule is CC(=O)OC1CC(O)C(O)(CCl)C2C(OC(C)=O)C3(C(C)(C)O)CC(O)C(C)=C3C(O)C(OC(=O)c3ccccc3)C12C. The number of hydrogen-bond acceptors (Lipinski definition) is 11. The number of benzene rings is 1. The Balaban J connectivity index is 2.14. The maximum absolute atomic E-state index is 13.6. The van der Waals surface area contributed by atoms with Crippen molar-refractivity contribution in [3.05, 3.63) is 47.0 Å². The van der Waals surface area contributed by atoms with E-state index in [0.717, 1.165) is 13.8 Å². The molecule has 10 atom stereocenters. The van der Waals surface area contributed by atoms with Crippen LogP contribution < -0.4 is 0 Å². The van der Waals surface area contributed by atoms with Gasteiger partial charge in [0.05, 0.1) is 40.1 Å². The number of alkyl halides is 1. The van der Waals surface area contributed by atoms with Crippen LogP contribution in [-0.2, 0) is 23.8 Å². The molecule has 5 N–H and O–H groups in total. The summed E-state index contributed by atoms with van der Waals surface area (Å²) in [6.07, 6.45) is -9.79. The molecule has 238 valence electrons. The average Bonchev–Trinajstić information content (AvgIpc) is 3.17. The van der Waals surface area contributed by atoms with Gasteiger partial charge in [-0.15, -0.1) is 11.6 Å². The van der Waals surface area contributed by atoms with E-state index in [2.05, 4.69) is 0 Å². The summed E-state index contributed by atoms with van der Waals surface area (Å²) in [5.41, 5.74) is -7.30. The van der Waals surface area contributed by atoms with Crippen molar-refractivity contribution < 1.29 is 54.1 Å². The lowest BCUT2D eigenvalue weighted by molar-refractivity contribution is -0.276. The molecule has 1 aromatic rings. The molecule has 11 nitrogen and oxygen atoms in total. The average molecular weight is 625 g/mol. The van der Waals surface area contributed by atoms with E-state index in [9.17, 15) is 39.9 Å². The van der Waals surface area contributed by atoms with E-state index >= 15 is 0 Å². The smallest absolute Gasteiger partial charge is 0.338 e. The first-order valence-corrected chi connectivity index (χ1v) is 14.8. The zero-order chi connectivity index (χ0) is 32.3. The molecule has 10 unspecified atom stereocenters. The topological polar surface area (TPSA) is 180 Å². The molecule has 12 heteroatoms. The van der Waals surface area contributed by atoms with Gasteiger partial charge in [-0.25, -0.2) is 4.79 Å². The molecule has 0 spiro atoms. The van der Waals surface area contributed by atoms with Crippen molar-refractivity contribution in [3.8, 4) is 0 Å². The number of fused-ring (bicyclic) bond motifs is 2. The van der Waals surface area contributed by atoms with Gasteiger partial charge in [-0.2, -0.15) is 0 Å². The highest BCUT2D eigenvalue weighted by Gasteiger charge is 2.76. The van der Waals surface area contributed by atoms with Crippen LogP contribution in [0.5, 0.6) is 0 Å². The maximum Gasteiger partial charge on any atom is 0.338 e. The molecule has 0 heterocycles. The first kappa shape index (κ1) is 33.4. The Morgan fingerprint density at radius 2 is 1.58 bits per heavy atom. The maximum atomic E-state index is 13.6. The zero-order valence-electron chi connectivity index (χ0n) is 25.1. The van der Waals surface area contributed by atoms with E-state index in [-0.39, 0.29) is 29.6 Å². The lowest BCUT2D eigenvalue weighted by Gasteiger charge is -2.60. The lowest BCUT2D eigenvalue weighted by atomic mass is 9.51. The number of ether oxygens (including phenoxy) is 3. The number of carbonyl (C=O) groups is 3. The van der Waals surface area contributed by atoms with Gasteiger partial charge in [-0.05, 0) is 50.5 Å². The third-order valence-electron chi connectivity index (χ3n) is 9.97. The van der Waals surface area contributed by atoms with E-state index in [0.29, 0.717) is 0 Å². The highest BCUT2D eigenvalue weighted by atomic mass is 35.5. The number of aliphatic hydroxyl groups excluding tert-OH is 3. The molecule has 0 bridgehead atoms. The van der Waals surface area contributed by atoms with Crippen LogP contribution in [0.2, 0.25) is 0 Å². The highest BCUT2D eigenvalue weighted by Crippen LogP contribution is 2.66. The van der Waals surface area contributed by atoms with Crippen LogP contribution in [0, 0.1) is 16.7 Å². The van der Waals surface area contributed by atoms with Crippen LogP contribution in [0.25, 0.3) is 0 Å². The van der Waals surface area contributed by atoms with Gasteiger partial charge in [0.15, 0.2) is 0 Å². The summed E-state index contributed by atoms with van der Waals surface area (Å²) in [5.74, 6) is -4.59. The molecular formula is C31H41ClO11. The van der Waals surface area contributed by atoms with Crippen LogP contribution in [0.1, 0.15) is 64.7 Å². The van der Waals surface area contributed by atoms with E-state index < -0.39 is 88.4 Å². The van der Waals surface area contributed by atoms with Crippen molar-refractivity contribution in [2.45, 2.75) is 102 Å². The minimum absolute atomic E-state index is 0.0493. The number of carbonyl (C=O) groups excluding carboxylic acids is 3. The zero-order valence-corrected chi connectivity index (χ0v) is 25.9. The van der Waals surface area contributed by atoms with Crippen LogP contribution in [0.3, 0.4) is 0 Å². The van der Waals surface area contributed by atoms with Gasteiger partial charge in [0.1, 0.15) is 30.0 Å². The molecule has 0 amide bonds. The van der Waals surface area contributed by atoms with Gasteiger partial charge in [-0.3, -0.25) is 9.59 Å². The van der Waals surface area contributed by atoms with Crippen molar-refractivity contribution in [1.82, 2.24) is 0 Å². The molecule has 2 saturated carbocycles. The molecule has 0 aliphatic heterocycles.